The molecule has 2 aromatic rings. The summed E-state index contributed by atoms with van der Waals surface area (Å²) in [5.41, 5.74) is 1.40. The number of aromatic nitrogens is 1. The summed E-state index contributed by atoms with van der Waals surface area (Å²) in [6, 6.07) is 11.8. The molecule has 1 atom stereocenters. The number of aliphatic imine (C=N–C) groups is 1. The van der Waals surface area contributed by atoms with E-state index < -0.39 is 0 Å². The number of guanidine groups is 1. The zero-order valence-corrected chi connectivity index (χ0v) is 20.2. The van der Waals surface area contributed by atoms with Gasteiger partial charge in [0.1, 0.15) is 0 Å². The third-order valence-corrected chi connectivity index (χ3v) is 6.20. The summed E-state index contributed by atoms with van der Waals surface area (Å²) in [5, 5.41) is 8.20. The third kappa shape index (κ3) is 6.70. The fraction of sp³-hybridized carbons (Fsp3) is 0.524. The Morgan fingerprint density at radius 3 is 2.61 bits per heavy atom. The van der Waals surface area contributed by atoms with Gasteiger partial charge in [-0.15, -0.1) is 35.3 Å². The maximum atomic E-state index is 4.42. The number of rotatable bonds is 6. The molecule has 0 spiro atoms. The van der Waals surface area contributed by atoms with E-state index in [-0.39, 0.29) is 24.0 Å². The Kier molecular flexibility index (Phi) is 9.67. The van der Waals surface area contributed by atoms with Crippen LogP contribution in [0.25, 0.3) is 0 Å². The summed E-state index contributed by atoms with van der Waals surface area (Å²) >= 11 is 1.77. The standard InChI is InChI=1S/C21H31N5S.HI/c1-16-15-24-20(27-16)9-12-23-21(22-3)25-19-10-13-26(14-11-19)17(2)18-7-5-4-6-8-18;/h4-8,15,17,19H,9-14H2,1-3H3,(H2,22,23,25);1H. The molecule has 5 nitrogen and oxygen atoms in total. The lowest BCUT2D eigenvalue weighted by Crippen LogP contribution is -2.49. The lowest BCUT2D eigenvalue weighted by molar-refractivity contribution is 0.158. The second-order valence-corrected chi connectivity index (χ2v) is 8.47. The molecule has 0 radical (unpaired) electrons. The highest BCUT2D eigenvalue weighted by Gasteiger charge is 2.23. The summed E-state index contributed by atoms with van der Waals surface area (Å²) in [4.78, 5) is 12.6. The van der Waals surface area contributed by atoms with Crippen LogP contribution < -0.4 is 10.6 Å². The maximum Gasteiger partial charge on any atom is 0.191 e. The van der Waals surface area contributed by atoms with E-state index in [1.54, 1.807) is 11.3 Å². The highest BCUT2D eigenvalue weighted by atomic mass is 127. The lowest BCUT2D eigenvalue weighted by atomic mass is 10.0. The van der Waals surface area contributed by atoms with Crippen molar-refractivity contribution in [3.63, 3.8) is 0 Å². The van der Waals surface area contributed by atoms with Crippen LogP contribution in [0.5, 0.6) is 0 Å². The Labute approximate surface area is 190 Å². The number of hydrogen-bond donors (Lipinski definition) is 2. The Morgan fingerprint density at radius 1 is 1.29 bits per heavy atom. The second-order valence-electron chi connectivity index (χ2n) is 7.15. The number of nitrogens with zero attached hydrogens (tertiary/aromatic N) is 3. The largest absolute Gasteiger partial charge is 0.356 e. The Hall–Kier alpha value is -1.19. The Morgan fingerprint density at radius 2 is 2.00 bits per heavy atom. The number of halogens is 1. The molecule has 2 heterocycles. The van der Waals surface area contributed by atoms with E-state index in [4.69, 9.17) is 0 Å². The van der Waals surface area contributed by atoms with Gasteiger partial charge in [0.25, 0.3) is 0 Å². The van der Waals surface area contributed by atoms with Crippen molar-refractivity contribution >= 4 is 41.3 Å². The molecule has 1 aromatic heterocycles. The minimum atomic E-state index is 0. The van der Waals surface area contributed by atoms with Crippen molar-refractivity contribution in [2.45, 2.75) is 45.2 Å². The van der Waals surface area contributed by atoms with E-state index in [2.05, 4.69) is 69.7 Å². The van der Waals surface area contributed by atoms with Crippen LogP contribution >= 0.6 is 35.3 Å². The van der Waals surface area contributed by atoms with Gasteiger partial charge in [0, 0.05) is 56.3 Å². The minimum Gasteiger partial charge on any atom is -0.356 e. The number of thiazole rings is 1. The highest BCUT2D eigenvalue weighted by Crippen LogP contribution is 2.23. The molecule has 1 aliphatic rings. The Balaban J connectivity index is 0.00000280. The van der Waals surface area contributed by atoms with Gasteiger partial charge in [-0.25, -0.2) is 4.98 Å². The van der Waals surface area contributed by atoms with Crippen LogP contribution in [0.4, 0.5) is 0 Å². The minimum absolute atomic E-state index is 0. The maximum absolute atomic E-state index is 4.42. The summed E-state index contributed by atoms with van der Waals surface area (Å²) in [6.07, 6.45) is 5.16. The molecule has 7 heteroatoms. The third-order valence-electron chi connectivity index (χ3n) is 5.22. The molecule has 0 bridgehead atoms. The average Bonchev–Trinajstić information content (AvgIpc) is 3.13. The molecule has 1 saturated heterocycles. The molecule has 1 fully saturated rings. The molecule has 154 valence electrons. The topological polar surface area (TPSA) is 52.6 Å². The number of aryl methyl sites for hydroxylation is 1. The van der Waals surface area contributed by atoms with Crippen LogP contribution in [0.15, 0.2) is 41.5 Å². The van der Waals surface area contributed by atoms with Crippen molar-refractivity contribution in [2.75, 3.05) is 26.7 Å². The van der Waals surface area contributed by atoms with Gasteiger partial charge in [-0.2, -0.15) is 0 Å². The number of nitrogens with one attached hydrogen (secondary N) is 2. The highest BCUT2D eigenvalue weighted by molar-refractivity contribution is 14.0. The first-order valence-electron chi connectivity index (χ1n) is 9.83. The van der Waals surface area contributed by atoms with E-state index in [0.717, 1.165) is 44.9 Å². The van der Waals surface area contributed by atoms with E-state index in [0.29, 0.717) is 12.1 Å². The van der Waals surface area contributed by atoms with Crippen LogP contribution in [0.1, 0.15) is 41.3 Å². The zero-order valence-electron chi connectivity index (χ0n) is 17.0. The van der Waals surface area contributed by atoms with Gasteiger partial charge < -0.3 is 10.6 Å². The molecule has 3 rings (SSSR count). The lowest BCUT2D eigenvalue weighted by Gasteiger charge is -2.37. The normalized spacial score (nSPS) is 17.0. The van der Waals surface area contributed by atoms with Crippen molar-refractivity contribution in [2.24, 2.45) is 4.99 Å². The van der Waals surface area contributed by atoms with Gasteiger partial charge in [-0.3, -0.25) is 9.89 Å². The van der Waals surface area contributed by atoms with Gasteiger partial charge in [0.15, 0.2) is 5.96 Å². The number of benzene rings is 1. The van der Waals surface area contributed by atoms with E-state index in [1.807, 2.05) is 13.2 Å². The summed E-state index contributed by atoms with van der Waals surface area (Å²) in [7, 11) is 1.84. The smallest absolute Gasteiger partial charge is 0.191 e. The van der Waals surface area contributed by atoms with E-state index in [1.165, 1.54) is 15.4 Å². The molecule has 28 heavy (non-hydrogen) atoms. The van der Waals surface area contributed by atoms with Crippen molar-refractivity contribution in [3.05, 3.63) is 52.0 Å². The average molecular weight is 513 g/mol. The number of hydrogen-bond acceptors (Lipinski definition) is 4. The predicted octanol–water partition coefficient (Wildman–Crippen LogP) is 4.00. The predicted molar refractivity (Wildman–Crippen MR) is 130 cm³/mol. The van der Waals surface area contributed by atoms with Gasteiger partial charge in [0.2, 0.25) is 0 Å². The van der Waals surface area contributed by atoms with Gasteiger partial charge in [0.05, 0.1) is 5.01 Å². The molecule has 1 aromatic carbocycles. The van der Waals surface area contributed by atoms with Crippen LogP contribution in [0.2, 0.25) is 0 Å². The number of likely N-dealkylation sites (tertiary alicyclic amines) is 1. The first kappa shape index (κ1) is 23.1. The molecule has 0 saturated carbocycles. The molecular formula is C21H32IN5S. The fourth-order valence-corrected chi connectivity index (χ4v) is 4.35. The molecule has 2 N–H and O–H groups in total. The molecule has 1 unspecified atom stereocenters. The molecular weight excluding hydrogens is 481 g/mol. The quantitative estimate of drug-likeness (QED) is 0.349. The molecule has 1 aliphatic heterocycles. The van der Waals surface area contributed by atoms with Gasteiger partial charge in [-0.1, -0.05) is 30.3 Å². The molecule has 0 amide bonds. The van der Waals surface area contributed by atoms with Crippen molar-refractivity contribution in [1.82, 2.24) is 20.5 Å². The van der Waals surface area contributed by atoms with Gasteiger partial charge in [-0.05, 0) is 32.3 Å². The van der Waals surface area contributed by atoms with E-state index >= 15 is 0 Å². The van der Waals surface area contributed by atoms with Crippen molar-refractivity contribution < 1.29 is 0 Å². The fourth-order valence-electron chi connectivity index (χ4n) is 3.57. The first-order chi connectivity index (χ1) is 13.2. The SMILES string of the molecule is CN=C(NCCc1ncc(C)s1)NC1CCN(C(C)c2ccccc2)CC1.I. The second kappa shape index (κ2) is 11.7. The first-order valence-corrected chi connectivity index (χ1v) is 10.6. The zero-order chi connectivity index (χ0) is 19.1. The summed E-state index contributed by atoms with van der Waals surface area (Å²) in [6.45, 7) is 7.49. The van der Waals surface area contributed by atoms with Crippen LogP contribution in [0, 0.1) is 6.92 Å². The monoisotopic (exact) mass is 513 g/mol. The van der Waals surface area contributed by atoms with Crippen molar-refractivity contribution in [1.29, 1.82) is 0 Å². The van der Waals surface area contributed by atoms with Crippen molar-refractivity contribution in [3.8, 4) is 0 Å². The van der Waals surface area contributed by atoms with E-state index in [9.17, 15) is 0 Å². The summed E-state index contributed by atoms with van der Waals surface area (Å²) in [5.74, 6) is 0.901. The van der Waals surface area contributed by atoms with Crippen LogP contribution in [0.3, 0.4) is 0 Å². The Bertz CT molecular complexity index is 725. The summed E-state index contributed by atoms with van der Waals surface area (Å²) < 4.78 is 0. The molecule has 0 aliphatic carbocycles. The number of piperidine rings is 1. The van der Waals surface area contributed by atoms with Gasteiger partial charge >= 0.3 is 0 Å². The van der Waals surface area contributed by atoms with Crippen LogP contribution in [-0.4, -0.2) is 48.6 Å². The van der Waals surface area contributed by atoms with Crippen LogP contribution in [-0.2, 0) is 6.42 Å².